The van der Waals surface area contributed by atoms with Crippen molar-refractivity contribution in [2.45, 2.75) is 31.0 Å². The number of aliphatic carboxylic acids is 1. The number of hydrogen-bond acceptors (Lipinski definition) is 4. The quantitative estimate of drug-likeness (QED) is 0.375. The molecule has 5 nitrogen and oxygen atoms in total. The molecule has 3 aromatic carbocycles. The number of likely N-dealkylation sites (tertiary alicyclic amines) is 1. The molecule has 8 heteroatoms. The Morgan fingerprint density at radius 3 is 1.70 bits per heavy atom. The van der Waals surface area contributed by atoms with Gasteiger partial charge in [-0.2, -0.15) is 13.2 Å². The van der Waals surface area contributed by atoms with Crippen LogP contribution in [0.15, 0.2) is 91.0 Å². The summed E-state index contributed by atoms with van der Waals surface area (Å²) in [7, 11) is 0. The number of hydrogen-bond donors (Lipinski definition) is 2. The van der Waals surface area contributed by atoms with E-state index in [9.17, 15) is 18.3 Å². The summed E-state index contributed by atoms with van der Waals surface area (Å²) in [6.45, 7) is 3.80. The van der Waals surface area contributed by atoms with Crippen LogP contribution in [0, 0.1) is 5.92 Å². The van der Waals surface area contributed by atoms with Crippen LogP contribution in [0.1, 0.15) is 30.4 Å². The first kappa shape index (κ1) is 28.2. The van der Waals surface area contributed by atoms with E-state index in [0.29, 0.717) is 0 Å². The van der Waals surface area contributed by atoms with Gasteiger partial charge < -0.3 is 19.8 Å². The fraction of sp³-hybridized carbons (Fsp3) is 0.345. The van der Waals surface area contributed by atoms with Gasteiger partial charge in [-0.3, -0.25) is 0 Å². The maximum atomic E-state index is 12.0. The lowest BCUT2D eigenvalue weighted by Gasteiger charge is -2.42. The van der Waals surface area contributed by atoms with Gasteiger partial charge in [-0.1, -0.05) is 78.9 Å². The zero-order valence-electron chi connectivity index (χ0n) is 20.5. The number of halogens is 3. The molecule has 1 saturated heterocycles. The van der Waals surface area contributed by atoms with Gasteiger partial charge in [0.05, 0.1) is 6.61 Å². The maximum Gasteiger partial charge on any atom is 0.490 e. The SMILES string of the molecule is O=C(O)C(F)(F)F.OC(c1ccccc1)(c1ccccc1)C1CCN(CCCOc2ccccc2)CC1. The minimum absolute atomic E-state index is 0.208. The number of benzene rings is 3. The summed E-state index contributed by atoms with van der Waals surface area (Å²) in [5, 5.41) is 19.1. The molecular formula is C29H32F3NO4. The number of aliphatic hydroxyl groups is 1. The summed E-state index contributed by atoms with van der Waals surface area (Å²) >= 11 is 0. The Bertz CT molecular complexity index is 1030. The van der Waals surface area contributed by atoms with Crippen LogP contribution in [0.2, 0.25) is 0 Å². The molecule has 1 aliphatic rings. The Morgan fingerprint density at radius 1 is 0.838 bits per heavy atom. The molecule has 0 aromatic heterocycles. The lowest BCUT2D eigenvalue weighted by Crippen LogP contribution is -2.44. The highest BCUT2D eigenvalue weighted by molar-refractivity contribution is 5.73. The average Bonchev–Trinajstić information content (AvgIpc) is 2.92. The zero-order valence-corrected chi connectivity index (χ0v) is 20.5. The van der Waals surface area contributed by atoms with Crippen molar-refractivity contribution in [1.29, 1.82) is 0 Å². The first-order valence-corrected chi connectivity index (χ1v) is 12.2. The van der Waals surface area contributed by atoms with Crippen LogP contribution < -0.4 is 4.74 Å². The monoisotopic (exact) mass is 515 g/mol. The number of carboxylic acids is 1. The molecule has 0 aliphatic carbocycles. The van der Waals surface area contributed by atoms with Gasteiger partial charge in [0.1, 0.15) is 11.4 Å². The predicted molar refractivity (Wildman–Crippen MR) is 135 cm³/mol. The van der Waals surface area contributed by atoms with Crippen molar-refractivity contribution in [2.24, 2.45) is 5.92 Å². The molecule has 4 rings (SSSR count). The first-order chi connectivity index (χ1) is 17.7. The first-order valence-electron chi connectivity index (χ1n) is 12.2. The topological polar surface area (TPSA) is 70.0 Å². The highest BCUT2D eigenvalue weighted by Crippen LogP contribution is 2.41. The van der Waals surface area contributed by atoms with Crippen LogP contribution in [-0.4, -0.2) is 53.5 Å². The second-order valence-corrected chi connectivity index (χ2v) is 8.93. The van der Waals surface area contributed by atoms with E-state index < -0.39 is 17.7 Å². The third-order valence-electron chi connectivity index (χ3n) is 6.48. The van der Waals surface area contributed by atoms with E-state index in [1.807, 2.05) is 66.7 Å². The van der Waals surface area contributed by atoms with Gasteiger partial charge >= 0.3 is 12.1 Å². The van der Waals surface area contributed by atoms with Gasteiger partial charge in [-0.15, -0.1) is 0 Å². The summed E-state index contributed by atoms with van der Waals surface area (Å²) in [5.74, 6) is -1.61. The molecule has 0 spiro atoms. The van der Waals surface area contributed by atoms with E-state index >= 15 is 0 Å². The van der Waals surface area contributed by atoms with Gasteiger partial charge in [-0.05, 0) is 61.5 Å². The normalized spacial score (nSPS) is 14.9. The summed E-state index contributed by atoms with van der Waals surface area (Å²) < 4.78 is 37.6. The molecule has 0 amide bonds. The lowest BCUT2D eigenvalue weighted by atomic mass is 9.72. The Morgan fingerprint density at radius 2 is 1.27 bits per heavy atom. The van der Waals surface area contributed by atoms with Crippen molar-refractivity contribution in [3.05, 3.63) is 102 Å². The van der Waals surface area contributed by atoms with Crippen LogP contribution in [-0.2, 0) is 10.4 Å². The van der Waals surface area contributed by atoms with Crippen molar-refractivity contribution < 1.29 is 32.9 Å². The smallest absolute Gasteiger partial charge is 0.490 e. The van der Waals surface area contributed by atoms with Gasteiger partial charge in [0.15, 0.2) is 0 Å². The fourth-order valence-corrected chi connectivity index (χ4v) is 4.59. The van der Waals surface area contributed by atoms with Crippen molar-refractivity contribution in [3.8, 4) is 5.75 Å². The molecule has 1 aliphatic heterocycles. The van der Waals surface area contributed by atoms with Crippen molar-refractivity contribution in [2.75, 3.05) is 26.2 Å². The molecule has 0 bridgehead atoms. The fourth-order valence-electron chi connectivity index (χ4n) is 4.59. The summed E-state index contributed by atoms with van der Waals surface area (Å²) in [6, 6.07) is 30.3. The van der Waals surface area contributed by atoms with Crippen LogP contribution in [0.25, 0.3) is 0 Å². The van der Waals surface area contributed by atoms with E-state index in [-0.39, 0.29) is 5.92 Å². The molecule has 0 unspecified atom stereocenters. The highest BCUT2D eigenvalue weighted by atomic mass is 19.4. The van der Waals surface area contributed by atoms with Crippen LogP contribution in [0.3, 0.4) is 0 Å². The third-order valence-corrected chi connectivity index (χ3v) is 6.48. The molecule has 0 atom stereocenters. The molecule has 2 N–H and O–H groups in total. The van der Waals surface area contributed by atoms with Crippen molar-refractivity contribution in [1.82, 2.24) is 4.90 Å². The molecule has 198 valence electrons. The molecule has 0 radical (unpaired) electrons. The summed E-state index contributed by atoms with van der Waals surface area (Å²) in [4.78, 5) is 11.4. The molecular weight excluding hydrogens is 483 g/mol. The minimum atomic E-state index is -5.08. The number of carbonyl (C=O) groups is 1. The largest absolute Gasteiger partial charge is 0.494 e. The number of rotatable bonds is 8. The van der Waals surface area contributed by atoms with Gasteiger partial charge in [0.25, 0.3) is 0 Å². The number of carboxylic acid groups (broad SMARTS) is 1. The Labute approximate surface area is 215 Å². The van der Waals surface area contributed by atoms with Gasteiger partial charge in [0.2, 0.25) is 0 Å². The second kappa shape index (κ2) is 13.3. The number of nitrogens with zero attached hydrogens (tertiary/aromatic N) is 1. The molecule has 1 heterocycles. The molecule has 37 heavy (non-hydrogen) atoms. The third kappa shape index (κ3) is 8.06. The Kier molecular flexibility index (Phi) is 10.1. The maximum absolute atomic E-state index is 12.0. The van der Waals surface area contributed by atoms with Crippen molar-refractivity contribution in [3.63, 3.8) is 0 Å². The standard InChI is InChI=1S/C27H31NO2.C2HF3O2/c29-27(23-11-4-1-5-12-23,24-13-6-2-7-14-24)25-17-20-28(21-18-25)19-10-22-30-26-15-8-3-9-16-26;3-2(4,5)1(6)7/h1-9,11-16,25,29H,10,17-22H2;(H,6,7). The van der Waals surface area contributed by atoms with Crippen LogP contribution >= 0.6 is 0 Å². The second-order valence-electron chi connectivity index (χ2n) is 8.93. The van der Waals surface area contributed by atoms with Gasteiger partial charge in [-0.25, -0.2) is 4.79 Å². The van der Waals surface area contributed by atoms with E-state index in [1.54, 1.807) is 0 Å². The zero-order chi connectivity index (χ0) is 26.7. The Balaban J connectivity index is 0.000000479. The average molecular weight is 516 g/mol. The number of piperidine rings is 1. The van der Waals surface area contributed by atoms with Crippen LogP contribution in [0.4, 0.5) is 13.2 Å². The summed E-state index contributed by atoms with van der Waals surface area (Å²) in [5.41, 5.74) is 1.04. The highest BCUT2D eigenvalue weighted by Gasteiger charge is 2.41. The number of ether oxygens (including phenoxy) is 1. The van der Waals surface area contributed by atoms with E-state index in [1.165, 1.54) is 0 Å². The van der Waals surface area contributed by atoms with E-state index in [2.05, 4.69) is 29.2 Å². The Hall–Kier alpha value is -3.36. The number of alkyl halides is 3. The molecule has 0 saturated carbocycles. The van der Waals surface area contributed by atoms with E-state index in [4.69, 9.17) is 14.6 Å². The van der Waals surface area contributed by atoms with Crippen molar-refractivity contribution >= 4 is 5.97 Å². The number of para-hydroxylation sites is 1. The minimum Gasteiger partial charge on any atom is -0.494 e. The van der Waals surface area contributed by atoms with E-state index in [0.717, 1.165) is 62.4 Å². The molecule has 3 aromatic rings. The summed E-state index contributed by atoms with van der Waals surface area (Å²) in [6.07, 6.45) is -2.10. The molecule has 1 fully saturated rings. The van der Waals surface area contributed by atoms with Gasteiger partial charge in [0, 0.05) is 6.54 Å². The predicted octanol–water partition coefficient (Wildman–Crippen LogP) is 5.74. The lowest BCUT2D eigenvalue weighted by molar-refractivity contribution is -0.192. The van der Waals surface area contributed by atoms with Crippen LogP contribution in [0.5, 0.6) is 5.75 Å².